The number of para-hydroxylation sites is 1. The van der Waals surface area contributed by atoms with Crippen LogP contribution in [-0.2, 0) is 4.79 Å². The summed E-state index contributed by atoms with van der Waals surface area (Å²) in [7, 11) is 0. The quantitative estimate of drug-likeness (QED) is 0.848. The molecule has 5 heteroatoms. The van der Waals surface area contributed by atoms with Gasteiger partial charge < -0.3 is 10.4 Å². The average Bonchev–Trinajstić information content (AvgIpc) is 2.30. The number of hydrogen-bond acceptors (Lipinski definition) is 3. The molecule has 0 spiro atoms. The minimum Gasteiger partial charge on any atom is -0.396 e. The lowest BCUT2D eigenvalue weighted by molar-refractivity contribution is -0.113. The summed E-state index contributed by atoms with van der Waals surface area (Å²) in [5, 5.41) is 11.9. The van der Waals surface area contributed by atoms with E-state index in [1.165, 1.54) is 0 Å². The fourth-order valence-corrected chi connectivity index (χ4v) is 2.40. The van der Waals surface area contributed by atoms with Crippen molar-refractivity contribution < 1.29 is 9.90 Å². The summed E-state index contributed by atoms with van der Waals surface area (Å²) in [5.74, 6) is 0.384. The maximum Gasteiger partial charge on any atom is 0.234 e. The van der Waals surface area contributed by atoms with Crippen molar-refractivity contribution in [3.8, 4) is 0 Å². The molecule has 0 aliphatic carbocycles. The molecule has 94 valence electrons. The van der Waals surface area contributed by atoms with Crippen LogP contribution >= 0.6 is 27.7 Å². The maximum absolute atomic E-state index is 11.7. The summed E-state index contributed by atoms with van der Waals surface area (Å²) < 4.78 is 0.877. The smallest absolute Gasteiger partial charge is 0.234 e. The van der Waals surface area contributed by atoms with E-state index in [0.717, 1.165) is 10.2 Å². The zero-order chi connectivity index (χ0) is 12.7. The van der Waals surface area contributed by atoms with Crippen molar-refractivity contribution in [2.24, 2.45) is 0 Å². The molecule has 3 nitrogen and oxygen atoms in total. The number of aliphatic hydroxyl groups excluding tert-OH is 1. The molecule has 1 rings (SSSR count). The van der Waals surface area contributed by atoms with Gasteiger partial charge >= 0.3 is 0 Å². The molecule has 0 bridgehead atoms. The van der Waals surface area contributed by atoms with E-state index in [1.807, 2.05) is 31.2 Å². The Balaban J connectivity index is 2.37. The average molecular weight is 318 g/mol. The van der Waals surface area contributed by atoms with Crippen LogP contribution in [0.3, 0.4) is 0 Å². The summed E-state index contributed by atoms with van der Waals surface area (Å²) in [5.41, 5.74) is 0.785. The van der Waals surface area contributed by atoms with E-state index < -0.39 is 0 Å². The molecule has 1 aromatic carbocycles. The Bertz CT molecular complexity index is 373. The van der Waals surface area contributed by atoms with Gasteiger partial charge in [0.05, 0.1) is 11.4 Å². The third kappa shape index (κ3) is 5.57. The van der Waals surface area contributed by atoms with E-state index in [4.69, 9.17) is 5.11 Å². The number of benzene rings is 1. The highest BCUT2D eigenvalue weighted by Crippen LogP contribution is 2.21. The van der Waals surface area contributed by atoms with E-state index >= 15 is 0 Å². The zero-order valence-corrected chi connectivity index (χ0v) is 12.1. The summed E-state index contributed by atoms with van der Waals surface area (Å²) in [4.78, 5) is 11.7. The van der Waals surface area contributed by atoms with Gasteiger partial charge in [-0.25, -0.2) is 0 Å². The molecule has 0 aromatic heterocycles. The van der Waals surface area contributed by atoms with E-state index in [9.17, 15) is 4.79 Å². The lowest BCUT2D eigenvalue weighted by Crippen LogP contribution is -2.16. The second-order valence-electron chi connectivity index (χ2n) is 3.66. The highest BCUT2D eigenvalue weighted by atomic mass is 79.9. The number of halogens is 1. The van der Waals surface area contributed by atoms with Crippen molar-refractivity contribution >= 4 is 39.3 Å². The van der Waals surface area contributed by atoms with Crippen LogP contribution in [0.2, 0.25) is 0 Å². The highest BCUT2D eigenvalue weighted by Gasteiger charge is 2.08. The summed E-state index contributed by atoms with van der Waals surface area (Å²) in [6, 6.07) is 7.51. The molecular weight excluding hydrogens is 302 g/mol. The lowest BCUT2D eigenvalue weighted by Gasteiger charge is -2.10. The molecule has 0 fully saturated rings. The number of rotatable bonds is 6. The van der Waals surface area contributed by atoms with Crippen molar-refractivity contribution in [2.75, 3.05) is 17.7 Å². The van der Waals surface area contributed by atoms with Crippen molar-refractivity contribution in [2.45, 2.75) is 18.6 Å². The van der Waals surface area contributed by atoms with Crippen LogP contribution in [0.1, 0.15) is 13.3 Å². The topological polar surface area (TPSA) is 49.3 Å². The Morgan fingerprint density at radius 1 is 1.53 bits per heavy atom. The standard InChI is InChI=1S/C12H16BrNO2S/c1-9(6-7-15)17-8-12(16)14-11-5-3-2-4-10(11)13/h2-5,9,15H,6-8H2,1H3,(H,14,16). The van der Waals surface area contributed by atoms with E-state index in [-0.39, 0.29) is 12.5 Å². The van der Waals surface area contributed by atoms with Crippen LogP contribution in [0, 0.1) is 0 Å². The van der Waals surface area contributed by atoms with Gasteiger partial charge in [0.25, 0.3) is 0 Å². The van der Waals surface area contributed by atoms with Gasteiger partial charge in [0.1, 0.15) is 0 Å². The van der Waals surface area contributed by atoms with Crippen molar-refractivity contribution in [1.29, 1.82) is 0 Å². The minimum atomic E-state index is -0.0216. The molecule has 0 aliphatic heterocycles. The van der Waals surface area contributed by atoms with Crippen molar-refractivity contribution in [3.63, 3.8) is 0 Å². The van der Waals surface area contributed by atoms with E-state index in [1.54, 1.807) is 11.8 Å². The first-order chi connectivity index (χ1) is 8.13. The monoisotopic (exact) mass is 317 g/mol. The first-order valence-corrected chi connectivity index (χ1v) is 7.24. The molecule has 0 radical (unpaired) electrons. The third-order valence-corrected chi connectivity index (χ3v) is 4.11. The number of amides is 1. The van der Waals surface area contributed by atoms with Crippen LogP contribution in [-0.4, -0.2) is 28.6 Å². The fourth-order valence-electron chi connectivity index (χ4n) is 1.23. The minimum absolute atomic E-state index is 0.0216. The van der Waals surface area contributed by atoms with Gasteiger partial charge in [-0.05, 0) is 34.5 Å². The molecule has 1 aromatic rings. The molecule has 1 atom stereocenters. The van der Waals surface area contributed by atoms with Gasteiger partial charge in [0, 0.05) is 16.3 Å². The second kappa shape index (κ2) is 7.74. The number of thioether (sulfide) groups is 1. The number of aliphatic hydroxyl groups is 1. The van der Waals surface area contributed by atoms with Crippen LogP contribution in [0.15, 0.2) is 28.7 Å². The molecule has 1 amide bonds. The Morgan fingerprint density at radius 2 is 2.24 bits per heavy atom. The van der Waals surface area contributed by atoms with Crippen LogP contribution in [0.5, 0.6) is 0 Å². The third-order valence-electron chi connectivity index (χ3n) is 2.18. The maximum atomic E-state index is 11.7. The van der Waals surface area contributed by atoms with Gasteiger partial charge in [0.15, 0.2) is 0 Å². The normalized spacial score (nSPS) is 12.2. The van der Waals surface area contributed by atoms with Gasteiger partial charge in [-0.15, -0.1) is 11.8 Å². The number of carbonyl (C=O) groups excluding carboxylic acids is 1. The number of anilines is 1. The number of nitrogens with one attached hydrogen (secondary N) is 1. The molecular formula is C12H16BrNO2S. The van der Waals surface area contributed by atoms with Crippen LogP contribution < -0.4 is 5.32 Å². The Hall–Kier alpha value is -0.520. The molecule has 0 aliphatic rings. The van der Waals surface area contributed by atoms with Gasteiger partial charge in [0.2, 0.25) is 5.91 Å². The zero-order valence-electron chi connectivity index (χ0n) is 9.65. The number of carbonyl (C=O) groups is 1. The SMILES string of the molecule is CC(CCO)SCC(=O)Nc1ccccc1Br. The molecule has 0 saturated heterocycles. The molecule has 0 heterocycles. The summed E-state index contributed by atoms with van der Waals surface area (Å²) in [6.45, 7) is 2.17. The molecule has 17 heavy (non-hydrogen) atoms. The molecule has 0 saturated carbocycles. The first-order valence-electron chi connectivity index (χ1n) is 5.40. The van der Waals surface area contributed by atoms with Gasteiger partial charge in [-0.3, -0.25) is 4.79 Å². The van der Waals surface area contributed by atoms with Gasteiger partial charge in [-0.2, -0.15) is 0 Å². The van der Waals surface area contributed by atoms with Crippen molar-refractivity contribution in [3.05, 3.63) is 28.7 Å². The van der Waals surface area contributed by atoms with E-state index in [0.29, 0.717) is 17.4 Å². The Labute approximate surface area is 114 Å². The van der Waals surface area contributed by atoms with Crippen LogP contribution in [0.25, 0.3) is 0 Å². The summed E-state index contributed by atoms with van der Waals surface area (Å²) in [6.07, 6.45) is 0.715. The number of hydrogen-bond donors (Lipinski definition) is 2. The first kappa shape index (κ1) is 14.5. The predicted molar refractivity (Wildman–Crippen MR) is 76.4 cm³/mol. The van der Waals surface area contributed by atoms with Crippen LogP contribution in [0.4, 0.5) is 5.69 Å². The predicted octanol–water partition coefficient (Wildman–Crippen LogP) is 2.89. The summed E-state index contributed by atoms with van der Waals surface area (Å²) >= 11 is 4.92. The fraction of sp³-hybridized carbons (Fsp3) is 0.417. The molecule has 1 unspecified atom stereocenters. The molecule has 2 N–H and O–H groups in total. The largest absolute Gasteiger partial charge is 0.396 e. The Kier molecular flexibility index (Phi) is 6.62. The lowest BCUT2D eigenvalue weighted by atomic mass is 10.3. The highest BCUT2D eigenvalue weighted by molar-refractivity contribution is 9.10. The van der Waals surface area contributed by atoms with E-state index in [2.05, 4.69) is 21.2 Å². The Morgan fingerprint density at radius 3 is 2.88 bits per heavy atom. The van der Waals surface area contributed by atoms with Crippen molar-refractivity contribution in [1.82, 2.24) is 0 Å². The van der Waals surface area contributed by atoms with Gasteiger partial charge in [-0.1, -0.05) is 19.1 Å². The second-order valence-corrected chi connectivity index (χ2v) is 5.94.